The van der Waals surface area contributed by atoms with E-state index < -0.39 is 10.3 Å². The van der Waals surface area contributed by atoms with E-state index in [1.807, 2.05) is 6.92 Å². The average molecular weight is 263 g/mol. The first-order chi connectivity index (χ1) is 8.93. The van der Waals surface area contributed by atoms with Gasteiger partial charge in [0.25, 0.3) is 5.69 Å². The van der Waals surface area contributed by atoms with E-state index in [1.165, 1.54) is 12.1 Å². The van der Waals surface area contributed by atoms with Crippen molar-refractivity contribution in [1.29, 1.82) is 0 Å². The number of nitrogens with two attached hydrogens (primary N) is 1. The van der Waals surface area contributed by atoms with Gasteiger partial charge in [0.15, 0.2) is 0 Å². The van der Waals surface area contributed by atoms with Crippen molar-refractivity contribution in [2.24, 2.45) is 11.1 Å². The lowest BCUT2D eigenvalue weighted by Crippen LogP contribution is -2.44. The number of anilines is 1. The molecule has 1 aromatic carbocycles. The molecule has 1 aliphatic carbocycles. The maximum Gasteiger partial charge on any atom is 0.271 e. The summed E-state index contributed by atoms with van der Waals surface area (Å²) >= 11 is 0. The Kier molecular flexibility index (Phi) is 3.53. The van der Waals surface area contributed by atoms with Crippen LogP contribution >= 0.6 is 0 Å². The molecule has 0 bridgehead atoms. The Morgan fingerprint density at radius 3 is 2.89 bits per heavy atom. The molecule has 1 aromatic rings. The second-order valence-electron chi connectivity index (χ2n) is 5.18. The van der Waals surface area contributed by atoms with E-state index in [-0.39, 0.29) is 17.6 Å². The Labute approximate surface area is 111 Å². The highest BCUT2D eigenvalue weighted by Gasteiger charge is 2.42. The van der Waals surface area contributed by atoms with E-state index in [9.17, 15) is 14.9 Å². The zero-order chi connectivity index (χ0) is 14.0. The molecule has 2 unspecified atom stereocenters. The molecule has 6 heteroatoms. The standard InChI is InChI=1S/C13H17N3O3/c1-13(7-3-6-11(13)14)12(17)15-9-4-2-5-10(8-9)16(18)19/h2,4-5,8,11H,3,6-7,14H2,1H3,(H,15,17). The van der Waals surface area contributed by atoms with E-state index in [0.717, 1.165) is 19.3 Å². The van der Waals surface area contributed by atoms with Crippen LogP contribution < -0.4 is 11.1 Å². The molecule has 1 aliphatic rings. The quantitative estimate of drug-likeness (QED) is 0.644. The minimum absolute atomic E-state index is 0.0429. The van der Waals surface area contributed by atoms with Crippen molar-refractivity contribution in [3.63, 3.8) is 0 Å². The lowest BCUT2D eigenvalue weighted by Gasteiger charge is -2.27. The third-order valence-corrected chi connectivity index (χ3v) is 3.86. The highest BCUT2D eigenvalue weighted by molar-refractivity contribution is 5.96. The van der Waals surface area contributed by atoms with Crippen LogP contribution in [0.25, 0.3) is 0 Å². The van der Waals surface area contributed by atoms with Gasteiger partial charge in [-0.15, -0.1) is 0 Å². The van der Waals surface area contributed by atoms with Crippen LogP contribution in [0.3, 0.4) is 0 Å². The SMILES string of the molecule is CC1(C(=O)Nc2cccc([N+](=O)[O-])c2)CCCC1N. The number of nitrogens with zero attached hydrogens (tertiary/aromatic N) is 1. The van der Waals surface area contributed by atoms with Gasteiger partial charge in [-0.25, -0.2) is 0 Å². The molecule has 0 spiro atoms. The summed E-state index contributed by atoms with van der Waals surface area (Å²) in [5, 5.41) is 13.4. The van der Waals surface area contributed by atoms with Gasteiger partial charge in [-0.05, 0) is 25.8 Å². The fourth-order valence-corrected chi connectivity index (χ4v) is 2.45. The van der Waals surface area contributed by atoms with Gasteiger partial charge in [0, 0.05) is 23.9 Å². The number of amides is 1. The maximum atomic E-state index is 12.3. The number of non-ortho nitro benzene ring substituents is 1. The number of hydrogen-bond acceptors (Lipinski definition) is 4. The van der Waals surface area contributed by atoms with Crippen LogP contribution in [0.15, 0.2) is 24.3 Å². The molecule has 6 nitrogen and oxygen atoms in total. The lowest BCUT2D eigenvalue weighted by atomic mass is 9.84. The first kappa shape index (κ1) is 13.5. The van der Waals surface area contributed by atoms with Gasteiger partial charge >= 0.3 is 0 Å². The molecule has 1 saturated carbocycles. The van der Waals surface area contributed by atoms with Crippen molar-refractivity contribution in [1.82, 2.24) is 0 Å². The van der Waals surface area contributed by atoms with E-state index in [0.29, 0.717) is 5.69 Å². The van der Waals surface area contributed by atoms with E-state index in [1.54, 1.807) is 12.1 Å². The minimum atomic E-state index is -0.593. The third kappa shape index (κ3) is 2.58. The van der Waals surface area contributed by atoms with E-state index in [4.69, 9.17) is 5.73 Å². The van der Waals surface area contributed by atoms with Crippen LogP contribution in [0.2, 0.25) is 0 Å². The lowest BCUT2D eigenvalue weighted by molar-refractivity contribution is -0.384. The van der Waals surface area contributed by atoms with Crippen LogP contribution in [0.4, 0.5) is 11.4 Å². The normalized spacial score (nSPS) is 26.1. The van der Waals surface area contributed by atoms with Crippen molar-refractivity contribution >= 4 is 17.3 Å². The minimum Gasteiger partial charge on any atom is -0.327 e. The fraction of sp³-hybridized carbons (Fsp3) is 0.462. The summed E-state index contributed by atoms with van der Waals surface area (Å²) in [5.41, 5.74) is 5.77. The molecular formula is C13H17N3O3. The Morgan fingerprint density at radius 2 is 2.32 bits per heavy atom. The number of rotatable bonds is 3. The zero-order valence-corrected chi connectivity index (χ0v) is 10.8. The summed E-state index contributed by atoms with van der Waals surface area (Å²) in [4.78, 5) is 22.5. The molecule has 102 valence electrons. The molecule has 1 fully saturated rings. The molecule has 1 amide bonds. The van der Waals surface area contributed by atoms with Crippen LogP contribution in [-0.4, -0.2) is 16.9 Å². The number of nitrogens with one attached hydrogen (secondary N) is 1. The number of carbonyl (C=O) groups is 1. The van der Waals surface area contributed by atoms with Crippen LogP contribution in [0, 0.1) is 15.5 Å². The van der Waals surface area contributed by atoms with E-state index in [2.05, 4.69) is 5.32 Å². The van der Waals surface area contributed by atoms with Gasteiger partial charge in [-0.2, -0.15) is 0 Å². The van der Waals surface area contributed by atoms with E-state index >= 15 is 0 Å². The summed E-state index contributed by atoms with van der Waals surface area (Å²) in [6.07, 6.45) is 2.51. The predicted molar refractivity (Wildman–Crippen MR) is 71.7 cm³/mol. The summed E-state index contributed by atoms with van der Waals surface area (Å²) < 4.78 is 0. The third-order valence-electron chi connectivity index (χ3n) is 3.86. The molecule has 0 aliphatic heterocycles. The summed E-state index contributed by atoms with van der Waals surface area (Å²) in [5.74, 6) is -0.169. The van der Waals surface area contributed by atoms with Gasteiger partial charge in [0.2, 0.25) is 5.91 Å². The highest BCUT2D eigenvalue weighted by Crippen LogP contribution is 2.37. The second kappa shape index (κ2) is 4.97. The van der Waals surface area contributed by atoms with Crippen LogP contribution in [0.1, 0.15) is 26.2 Å². The fourth-order valence-electron chi connectivity index (χ4n) is 2.45. The Morgan fingerprint density at radius 1 is 1.58 bits per heavy atom. The maximum absolute atomic E-state index is 12.3. The van der Waals surface area contributed by atoms with Crippen molar-refractivity contribution < 1.29 is 9.72 Å². The molecule has 2 atom stereocenters. The monoisotopic (exact) mass is 263 g/mol. The van der Waals surface area contributed by atoms with Crippen LogP contribution in [0.5, 0.6) is 0 Å². The smallest absolute Gasteiger partial charge is 0.271 e. The van der Waals surface area contributed by atoms with Crippen molar-refractivity contribution in [2.45, 2.75) is 32.2 Å². The Bertz CT molecular complexity index is 518. The second-order valence-corrected chi connectivity index (χ2v) is 5.18. The summed E-state index contributed by atoms with van der Waals surface area (Å²) in [7, 11) is 0. The average Bonchev–Trinajstić information content (AvgIpc) is 2.71. The highest BCUT2D eigenvalue weighted by atomic mass is 16.6. The zero-order valence-electron chi connectivity index (χ0n) is 10.8. The largest absolute Gasteiger partial charge is 0.327 e. The Balaban J connectivity index is 2.15. The number of nitro benzene ring substituents is 1. The Hall–Kier alpha value is -1.95. The number of hydrogen-bond donors (Lipinski definition) is 2. The first-order valence-corrected chi connectivity index (χ1v) is 6.25. The molecule has 0 aromatic heterocycles. The molecule has 2 rings (SSSR count). The van der Waals surface area contributed by atoms with Crippen molar-refractivity contribution in [3.05, 3.63) is 34.4 Å². The number of nitro groups is 1. The van der Waals surface area contributed by atoms with Gasteiger partial charge in [0.05, 0.1) is 10.3 Å². The van der Waals surface area contributed by atoms with Crippen molar-refractivity contribution in [3.8, 4) is 0 Å². The number of benzene rings is 1. The molecule has 0 heterocycles. The number of carbonyl (C=O) groups excluding carboxylic acids is 1. The van der Waals surface area contributed by atoms with Gasteiger partial charge in [-0.3, -0.25) is 14.9 Å². The molecule has 3 N–H and O–H groups in total. The summed E-state index contributed by atoms with van der Waals surface area (Å²) in [6.45, 7) is 1.84. The topological polar surface area (TPSA) is 98.3 Å². The predicted octanol–water partition coefficient (Wildman–Crippen LogP) is 2.05. The first-order valence-electron chi connectivity index (χ1n) is 6.25. The van der Waals surface area contributed by atoms with Gasteiger partial charge in [-0.1, -0.05) is 12.5 Å². The van der Waals surface area contributed by atoms with Crippen molar-refractivity contribution in [2.75, 3.05) is 5.32 Å². The molecular weight excluding hydrogens is 246 g/mol. The van der Waals surface area contributed by atoms with Gasteiger partial charge in [0.1, 0.15) is 0 Å². The molecule has 19 heavy (non-hydrogen) atoms. The van der Waals surface area contributed by atoms with Gasteiger partial charge < -0.3 is 11.1 Å². The molecule has 0 radical (unpaired) electrons. The molecule has 0 saturated heterocycles. The summed E-state index contributed by atoms with van der Waals surface area (Å²) in [6, 6.07) is 5.76. The van der Waals surface area contributed by atoms with Crippen LogP contribution in [-0.2, 0) is 4.79 Å².